The van der Waals surface area contributed by atoms with Crippen LogP contribution in [0, 0.1) is 22.9 Å². The molecule has 21 heavy (non-hydrogen) atoms. The van der Waals surface area contributed by atoms with E-state index in [1.54, 1.807) is 32.0 Å². The Hall–Kier alpha value is -1.92. The van der Waals surface area contributed by atoms with E-state index in [1.165, 1.54) is 30.0 Å². The first-order valence-corrected chi connectivity index (χ1v) is 7.10. The molecule has 0 saturated heterocycles. The highest BCUT2D eigenvalue weighted by Crippen LogP contribution is 2.35. The number of hydrogen-bond acceptors (Lipinski definition) is 4. The van der Waals surface area contributed by atoms with Gasteiger partial charge < -0.3 is 5.11 Å². The lowest BCUT2D eigenvalue weighted by atomic mass is 10.1. The van der Waals surface area contributed by atoms with Crippen LogP contribution in [0.3, 0.4) is 0 Å². The number of aliphatic hydroxyl groups is 1. The fourth-order valence-electron chi connectivity index (χ4n) is 1.85. The lowest BCUT2D eigenvalue weighted by molar-refractivity contribution is -0.384. The van der Waals surface area contributed by atoms with Crippen molar-refractivity contribution in [3.8, 4) is 0 Å². The molecule has 0 bridgehead atoms. The van der Waals surface area contributed by atoms with E-state index in [9.17, 15) is 19.6 Å². The summed E-state index contributed by atoms with van der Waals surface area (Å²) in [5, 5.41) is 20.4. The van der Waals surface area contributed by atoms with Crippen molar-refractivity contribution in [2.45, 2.75) is 29.7 Å². The Labute approximate surface area is 125 Å². The molecule has 0 aliphatic carbocycles. The van der Waals surface area contributed by atoms with Crippen LogP contribution in [-0.2, 0) is 0 Å². The van der Waals surface area contributed by atoms with Crippen molar-refractivity contribution in [1.29, 1.82) is 0 Å². The summed E-state index contributed by atoms with van der Waals surface area (Å²) in [6.45, 7) is 3.23. The van der Waals surface area contributed by atoms with Gasteiger partial charge in [-0.3, -0.25) is 10.1 Å². The van der Waals surface area contributed by atoms with Crippen LogP contribution in [0.25, 0.3) is 0 Å². The minimum atomic E-state index is -0.791. The van der Waals surface area contributed by atoms with Gasteiger partial charge in [0.2, 0.25) is 0 Å². The van der Waals surface area contributed by atoms with E-state index < -0.39 is 11.0 Å². The molecule has 1 atom stereocenters. The average Bonchev–Trinajstić information content (AvgIpc) is 2.43. The van der Waals surface area contributed by atoms with Crippen molar-refractivity contribution in [2.24, 2.45) is 0 Å². The first kappa shape index (κ1) is 15.5. The molecule has 0 amide bonds. The third-order valence-electron chi connectivity index (χ3n) is 3.02. The summed E-state index contributed by atoms with van der Waals surface area (Å²) in [5.41, 5.74) is 1.01. The molecule has 0 saturated carbocycles. The van der Waals surface area contributed by atoms with Gasteiger partial charge in [-0.15, -0.1) is 0 Å². The van der Waals surface area contributed by atoms with Crippen molar-refractivity contribution < 1.29 is 14.4 Å². The Bertz CT molecular complexity index is 671. The molecule has 0 fully saturated rings. The largest absolute Gasteiger partial charge is 0.389 e. The Morgan fingerprint density at radius 1 is 1.29 bits per heavy atom. The number of benzene rings is 2. The van der Waals surface area contributed by atoms with Crippen molar-refractivity contribution in [1.82, 2.24) is 0 Å². The molecule has 0 aliphatic rings. The van der Waals surface area contributed by atoms with Gasteiger partial charge in [0.1, 0.15) is 5.82 Å². The van der Waals surface area contributed by atoms with Crippen molar-refractivity contribution in [3.63, 3.8) is 0 Å². The molecule has 1 N–H and O–H groups in total. The predicted molar refractivity (Wildman–Crippen MR) is 79.0 cm³/mol. The molecular formula is C15H14FNO3S. The summed E-state index contributed by atoms with van der Waals surface area (Å²) in [5.74, 6) is -0.362. The van der Waals surface area contributed by atoms with Gasteiger partial charge >= 0.3 is 0 Å². The summed E-state index contributed by atoms with van der Waals surface area (Å²) in [6.07, 6.45) is -0.791. The first-order valence-electron chi connectivity index (χ1n) is 6.29. The van der Waals surface area contributed by atoms with Gasteiger partial charge in [-0.05, 0) is 49.2 Å². The highest BCUT2D eigenvalue weighted by atomic mass is 32.2. The maximum atomic E-state index is 13.6. The van der Waals surface area contributed by atoms with Crippen LogP contribution in [0.4, 0.5) is 10.1 Å². The Morgan fingerprint density at radius 2 is 1.90 bits per heavy atom. The first-order chi connectivity index (χ1) is 9.88. The number of aryl methyl sites for hydroxylation is 1. The zero-order valence-corrected chi connectivity index (χ0v) is 12.4. The predicted octanol–water partition coefficient (Wildman–Crippen LogP) is 4.25. The molecule has 2 aromatic carbocycles. The van der Waals surface area contributed by atoms with Crippen LogP contribution in [0.15, 0.2) is 46.2 Å². The number of rotatable bonds is 4. The van der Waals surface area contributed by atoms with Crippen molar-refractivity contribution in [3.05, 3.63) is 63.5 Å². The summed E-state index contributed by atoms with van der Waals surface area (Å²) in [7, 11) is 0. The molecule has 0 unspecified atom stereocenters. The SMILES string of the molecule is Cc1cc(Sc2ccc([N+](=O)[O-])cc2)c([C@H](C)O)cc1F. The van der Waals surface area contributed by atoms with Crippen molar-refractivity contribution >= 4 is 17.4 Å². The Morgan fingerprint density at radius 3 is 2.43 bits per heavy atom. The number of nitrogens with zero attached hydrogens (tertiary/aromatic N) is 1. The monoisotopic (exact) mass is 307 g/mol. The number of aliphatic hydroxyl groups excluding tert-OH is 1. The van der Waals surface area contributed by atoms with Gasteiger partial charge in [0.05, 0.1) is 11.0 Å². The lowest BCUT2D eigenvalue weighted by Crippen LogP contribution is -1.97. The van der Waals surface area contributed by atoms with Crippen LogP contribution in [0.5, 0.6) is 0 Å². The molecule has 2 aromatic rings. The van der Waals surface area contributed by atoms with Gasteiger partial charge in [0.25, 0.3) is 5.69 Å². The van der Waals surface area contributed by atoms with Gasteiger partial charge in [0, 0.05) is 21.9 Å². The molecule has 4 nitrogen and oxygen atoms in total. The van der Waals surface area contributed by atoms with Gasteiger partial charge in [-0.1, -0.05) is 11.8 Å². The standard InChI is InChI=1S/C15H14FNO3S/c1-9-7-15(13(10(2)18)8-14(9)16)21-12-5-3-11(4-6-12)17(19)20/h3-8,10,18H,1-2H3/t10-/m0/s1. The van der Waals surface area contributed by atoms with Gasteiger partial charge in [-0.2, -0.15) is 0 Å². The maximum Gasteiger partial charge on any atom is 0.269 e. The highest BCUT2D eigenvalue weighted by Gasteiger charge is 2.13. The number of nitro groups is 1. The quantitative estimate of drug-likeness (QED) is 0.677. The maximum absolute atomic E-state index is 13.6. The molecule has 0 aromatic heterocycles. The molecule has 6 heteroatoms. The minimum Gasteiger partial charge on any atom is -0.389 e. The number of nitro benzene ring substituents is 1. The summed E-state index contributed by atoms with van der Waals surface area (Å²) in [4.78, 5) is 11.7. The molecule has 2 rings (SSSR count). The fraction of sp³-hybridized carbons (Fsp3) is 0.200. The van der Waals surface area contributed by atoms with Crippen LogP contribution in [0.2, 0.25) is 0 Å². The molecule has 110 valence electrons. The van der Waals surface area contributed by atoms with E-state index in [2.05, 4.69) is 0 Å². The van der Waals surface area contributed by atoms with Crippen LogP contribution in [0.1, 0.15) is 24.2 Å². The van der Waals surface area contributed by atoms with E-state index in [4.69, 9.17) is 0 Å². The lowest BCUT2D eigenvalue weighted by Gasteiger charge is -2.13. The van der Waals surface area contributed by atoms with Gasteiger partial charge in [0.15, 0.2) is 0 Å². The third-order valence-corrected chi connectivity index (χ3v) is 4.10. The average molecular weight is 307 g/mol. The Balaban J connectivity index is 2.34. The fourth-order valence-corrected chi connectivity index (χ4v) is 2.96. The Kier molecular flexibility index (Phi) is 4.59. The van der Waals surface area contributed by atoms with Crippen LogP contribution < -0.4 is 0 Å². The second-order valence-electron chi connectivity index (χ2n) is 4.67. The van der Waals surface area contributed by atoms with E-state index in [0.29, 0.717) is 11.1 Å². The normalized spacial score (nSPS) is 12.2. The highest BCUT2D eigenvalue weighted by molar-refractivity contribution is 7.99. The van der Waals surface area contributed by atoms with E-state index in [-0.39, 0.29) is 11.5 Å². The van der Waals surface area contributed by atoms with E-state index in [0.717, 1.165) is 9.79 Å². The molecule has 0 spiro atoms. The zero-order chi connectivity index (χ0) is 15.6. The van der Waals surface area contributed by atoms with E-state index in [1.807, 2.05) is 0 Å². The smallest absolute Gasteiger partial charge is 0.269 e. The molecule has 0 radical (unpaired) electrons. The minimum absolute atomic E-state index is 0.0189. The van der Waals surface area contributed by atoms with Crippen LogP contribution >= 0.6 is 11.8 Å². The summed E-state index contributed by atoms with van der Waals surface area (Å²) in [6, 6.07) is 9.10. The number of hydrogen-bond donors (Lipinski definition) is 1. The summed E-state index contributed by atoms with van der Waals surface area (Å²) < 4.78 is 13.6. The zero-order valence-electron chi connectivity index (χ0n) is 11.5. The van der Waals surface area contributed by atoms with Crippen molar-refractivity contribution in [2.75, 3.05) is 0 Å². The van der Waals surface area contributed by atoms with E-state index >= 15 is 0 Å². The topological polar surface area (TPSA) is 63.4 Å². The van der Waals surface area contributed by atoms with Crippen LogP contribution in [-0.4, -0.2) is 10.0 Å². The second-order valence-corrected chi connectivity index (χ2v) is 5.78. The molecule has 0 heterocycles. The second kappa shape index (κ2) is 6.24. The molecule has 0 aliphatic heterocycles. The number of non-ortho nitro benzene ring substituents is 1. The summed E-state index contributed by atoms with van der Waals surface area (Å²) >= 11 is 1.34. The van der Waals surface area contributed by atoms with Gasteiger partial charge in [-0.25, -0.2) is 4.39 Å². The number of halogens is 1. The molecular weight excluding hydrogens is 293 g/mol. The third kappa shape index (κ3) is 3.59.